The molecule has 0 N–H and O–H groups in total. The summed E-state index contributed by atoms with van der Waals surface area (Å²) in [5.41, 5.74) is 0. The third kappa shape index (κ3) is 5.06. The molecule has 0 saturated carbocycles. The Balaban J connectivity index is 1.73. The lowest BCUT2D eigenvalue weighted by molar-refractivity contribution is 0.0367. The van der Waals surface area contributed by atoms with E-state index in [2.05, 4.69) is 20.8 Å². The monoisotopic (exact) mass is 486 g/mol. The van der Waals surface area contributed by atoms with Gasteiger partial charge in [-0.05, 0) is 47.4 Å². The van der Waals surface area contributed by atoms with Crippen molar-refractivity contribution in [3.63, 3.8) is 0 Å². The highest BCUT2D eigenvalue weighted by Crippen LogP contribution is 2.31. The van der Waals surface area contributed by atoms with Crippen LogP contribution in [0.5, 0.6) is 0 Å². The van der Waals surface area contributed by atoms with Crippen molar-refractivity contribution in [2.24, 2.45) is 0 Å². The van der Waals surface area contributed by atoms with Crippen molar-refractivity contribution in [1.82, 2.24) is 9.21 Å². The third-order valence-electron chi connectivity index (χ3n) is 4.68. The number of halogens is 1. The van der Waals surface area contributed by atoms with Gasteiger partial charge in [-0.2, -0.15) is 4.31 Å². The molecule has 2 aliphatic heterocycles. The van der Waals surface area contributed by atoms with Crippen molar-refractivity contribution in [2.45, 2.75) is 23.1 Å². The number of morpholine rings is 1. The summed E-state index contributed by atoms with van der Waals surface area (Å²) in [6, 6.07) is 2.80. The minimum Gasteiger partial charge on any atom is -0.379 e. The molecule has 148 valence electrons. The molecule has 2 aliphatic rings. The topological polar surface area (TPSA) is 84.0 Å². The van der Waals surface area contributed by atoms with Crippen molar-refractivity contribution in [1.29, 1.82) is 0 Å². The lowest BCUT2D eigenvalue weighted by atomic mass is 10.2. The molecule has 1 aromatic heterocycles. The number of rotatable bonds is 7. The molecule has 3 rings (SSSR count). The lowest BCUT2D eigenvalue weighted by Crippen LogP contribution is -2.43. The maximum absolute atomic E-state index is 13.1. The molecule has 2 fully saturated rings. The van der Waals surface area contributed by atoms with Crippen molar-refractivity contribution in [3.8, 4) is 0 Å². The SMILES string of the molecule is O=S1(=O)CCC(N(CCCN2CCOCC2)S(=O)(=O)c2ccc(Br)s2)C1. The largest absolute Gasteiger partial charge is 0.379 e. The van der Waals surface area contributed by atoms with Crippen molar-refractivity contribution in [3.05, 3.63) is 15.9 Å². The Morgan fingerprint density at radius 3 is 2.62 bits per heavy atom. The average molecular weight is 487 g/mol. The van der Waals surface area contributed by atoms with E-state index < -0.39 is 25.9 Å². The van der Waals surface area contributed by atoms with Crippen molar-refractivity contribution in [2.75, 3.05) is 50.9 Å². The Kier molecular flexibility index (Phi) is 6.80. The van der Waals surface area contributed by atoms with Gasteiger partial charge in [-0.15, -0.1) is 11.3 Å². The first-order valence-corrected chi connectivity index (χ1v) is 13.4. The molecule has 0 amide bonds. The predicted molar refractivity (Wildman–Crippen MR) is 105 cm³/mol. The standard InChI is InChI=1S/C15H23BrN2O5S3/c16-14-2-3-15(24-14)26(21,22)18(13-4-11-25(19,20)12-13)6-1-5-17-7-9-23-10-8-17/h2-3,13H,1,4-12H2. The van der Waals surface area contributed by atoms with E-state index >= 15 is 0 Å². The van der Waals surface area contributed by atoms with Gasteiger partial charge in [0, 0.05) is 25.7 Å². The number of thiophene rings is 1. The van der Waals surface area contributed by atoms with Crippen LogP contribution in [0.15, 0.2) is 20.1 Å². The highest BCUT2D eigenvalue weighted by Gasteiger charge is 2.39. The maximum Gasteiger partial charge on any atom is 0.252 e. The van der Waals surface area contributed by atoms with E-state index in [0.717, 1.165) is 34.8 Å². The Labute approximate surface area is 167 Å². The molecule has 2 saturated heterocycles. The van der Waals surface area contributed by atoms with Crippen LogP contribution in [0.4, 0.5) is 0 Å². The number of hydrogen-bond acceptors (Lipinski definition) is 7. The summed E-state index contributed by atoms with van der Waals surface area (Å²) < 4.78 is 57.7. The van der Waals surface area contributed by atoms with Crippen LogP contribution < -0.4 is 0 Å². The molecule has 1 aromatic rings. The molecule has 0 aromatic carbocycles. The molecule has 0 radical (unpaired) electrons. The van der Waals surface area contributed by atoms with Gasteiger partial charge in [-0.3, -0.25) is 4.90 Å². The van der Waals surface area contributed by atoms with Crippen LogP contribution in [0, 0.1) is 0 Å². The molecule has 7 nitrogen and oxygen atoms in total. The Morgan fingerprint density at radius 2 is 2.04 bits per heavy atom. The van der Waals surface area contributed by atoms with Crippen LogP contribution in [0.3, 0.4) is 0 Å². The summed E-state index contributed by atoms with van der Waals surface area (Å²) in [7, 11) is -6.86. The molecule has 11 heteroatoms. The van der Waals surface area contributed by atoms with Crippen molar-refractivity contribution < 1.29 is 21.6 Å². The van der Waals surface area contributed by atoms with Gasteiger partial charge in [-0.1, -0.05) is 0 Å². The van der Waals surface area contributed by atoms with Gasteiger partial charge >= 0.3 is 0 Å². The average Bonchev–Trinajstić information content (AvgIpc) is 3.18. The summed E-state index contributed by atoms with van der Waals surface area (Å²) in [4.78, 5) is 2.25. The van der Waals surface area contributed by atoms with Crippen LogP contribution >= 0.6 is 27.3 Å². The Bertz CT molecular complexity index is 818. The minimum absolute atomic E-state index is 0.0568. The van der Waals surface area contributed by atoms with Crippen LogP contribution in [0.25, 0.3) is 0 Å². The van der Waals surface area contributed by atoms with Gasteiger partial charge in [-0.25, -0.2) is 16.8 Å². The van der Waals surface area contributed by atoms with Gasteiger partial charge in [0.1, 0.15) is 4.21 Å². The number of ether oxygens (including phenoxy) is 1. The quantitative estimate of drug-likeness (QED) is 0.579. The summed E-state index contributed by atoms with van der Waals surface area (Å²) in [6.07, 6.45) is 1.04. The molecule has 1 unspecified atom stereocenters. The van der Waals surface area contributed by atoms with Crippen LogP contribution in [0.1, 0.15) is 12.8 Å². The maximum atomic E-state index is 13.1. The molecular weight excluding hydrogens is 464 g/mol. The number of nitrogens with zero attached hydrogens (tertiary/aromatic N) is 2. The fourth-order valence-corrected chi connectivity index (χ4v) is 8.99. The molecular formula is C15H23BrN2O5S3. The second-order valence-electron chi connectivity index (χ2n) is 6.54. The van der Waals surface area contributed by atoms with Crippen LogP contribution in [-0.2, 0) is 24.6 Å². The molecule has 0 aliphatic carbocycles. The highest BCUT2D eigenvalue weighted by molar-refractivity contribution is 9.11. The fraction of sp³-hybridized carbons (Fsp3) is 0.733. The first kappa shape index (κ1) is 20.7. The zero-order chi connectivity index (χ0) is 18.8. The molecule has 3 heterocycles. The second kappa shape index (κ2) is 8.54. The summed E-state index contributed by atoms with van der Waals surface area (Å²) in [5.74, 6) is -0.0301. The molecule has 0 bridgehead atoms. The number of sulfonamides is 1. The van der Waals surface area contributed by atoms with E-state index in [4.69, 9.17) is 4.74 Å². The van der Waals surface area contributed by atoms with Crippen LogP contribution in [0.2, 0.25) is 0 Å². The zero-order valence-electron chi connectivity index (χ0n) is 14.3. The first-order chi connectivity index (χ1) is 12.3. The van der Waals surface area contributed by atoms with E-state index in [1.807, 2.05) is 0 Å². The summed E-state index contributed by atoms with van der Waals surface area (Å²) in [5, 5.41) is 0. The minimum atomic E-state index is -3.70. The van der Waals surface area contributed by atoms with Gasteiger partial charge in [0.05, 0.1) is 28.5 Å². The van der Waals surface area contributed by atoms with Crippen LogP contribution in [-0.4, -0.2) is 83.0 Å². The normalized spacial score (nSPS) is 24.3. The summed E-state index contributed by atoms with van der Waals surface area (Å²) in [6.45, 7) is 4.21. The van der Waals surface area contributed by atoms with Gasteiger partial charge in [0.2, 0.25) is 0 Å². The highest BCUT2D eigenvalue weighted by atomic mass is 79.9. The number of sulfone groups is 1. The van der Waals surface area contributed by atoms with E-state index in [0.29, 0.717) is 32.6 Å². The lowest BCUT2D eigenvalue weighted by Gasteiger charge is -2.30. The van der Waals surface area contributed by atoms with E-state index in [1.54, 1.807) is 12.1 Å². The molecule has 0 spiro atoms. The summed E-state index contributed by atoms with van der Waals surface area (Å²) >= 11 is 4.46. The third-order valence-corrected chi connectivity index (χ3v) is 10.5. The Hall–Kier alpha value is -0.0400. The Morgan fingerprint density at radius 1 is 1.31 bits per heavy atom. The van der Waals surface area contributed by atoms with Gasteiger partial charge in [0.15, 0.2) is 9.84 Å². The number of hydrogen-bond donors (Lipinski definition) is 0. The fourth-order valence-electron chi connectivity index (χ4n) is 3.33. The zero-order valence-corrected chi connectivity index (χ0v) is 18.4. The molecule has 1 atom stereocenters. The van der Waals surface area contributed by atoms with Gasteiger partial charge in [0.25, 0.3) is 10.0 Å². The second-order valence-corrected chi connectivity index (χ2v) is 13.3. The van der Waals surface area contributed by atoms with E-state index in [1.165, 1.54) is 4.31 Å². The smallest absolute Gasteiger partial charge is 0.252 e. The van der Waals surface area contributed by atoms with Gasteiger partial charge < -0.3 is 4.74 Å². The van der Waals surface area contributed by atoms with E-state index in [9.17, 15) is 16.8 Å². The first-order valence-electron chi connectivity index (χ1n) is 8.56. The molecule has 26 heavy (non-hydrogen) atoms. The van der Waals surface area contributed by atoms with E-state index in [-0.39, 0.29) is 15.7 Å². The predicted octanol–water partition coefficient (Wildman–Crippen LogP) is 1.41. The van der Waals surface area contributed by atoms with Crippen molar-refractivity contribution >= 4 is 47.1 Å².